The normalized spacial score (nSPS) is 11.0. The minimum Gasteiger partial charge on any atom is -0.478 e. The predicted molar refractivity (Wildman–Crippen MR) is 81.6 cm³/mol. The molecule has 21 heavy (non-hydrogen) atoms. The summed E-state index contributed by atoms with van der Waals surface area (Å²) in [5, 5.41) is 19.4. The molecule has 1 aromatic heterocycles. The molecular formula is C16H12ClNO3. The highest BCUT2D eigenvalue weighted by molar-refractivity contribution is 6.34. The lowest BCUT2D eigenvalue weighted by molar-refractivity contribution is 0.0699. The predicted octanol–water partition coefficient (Wildman–Crippen LogP) is 3.68. The molecule has 0 radical (unpaired) electrons. The number of aromatic carboxylic acids is 1. The Bertz CT molecular complexity index is 821. The van der Waals surface area contributed by atoms with Gasteiger partial charge in [-0.25, -0.2) is 4.79 Å². The number of halogens is 1. The zero-order chi connectivity index (χ0) is 15.0. The van der Waals surface area contributed by atoms with Crippen molar-refractivity contribution in [3.8, 4) is 11.1 Å². The lowest BCUT2D eigenvalue weighted by atomic mass is 10.0. The zero-order valence-electron chi connectivity index (χ0n) is 10.9. The van der Waals surface area contributed by atoms with Crippen LogP contribution in [0, 0.1) is 0 Å². The number of nitrogens with one attached hydrogen (secondary N) is 1. The Kier molecular flexibility index (Phi) is 3.41. The van der Waals surface area contributed by atoms with Crippen molar-refractivity contribution in [1.82, 2.24) is 4.98 Å². The van der Waals surface area contributed by atoms with Gasteiger partial charge in [-0.1, -0.05) is 35.9 Å². The smallest absolute Gasteiger partial charge is 0.337 e. The van der Waals surface area contributed by atoms with Crippen LogP contribution < -0.4 is 0 Å². The molecule has 5 heteroatoms. The molecule has 0 atom stereocenters. The Morgan fingerprint density at radius 3 is 2.52 bits per heavy atom. The van der Waals surface area contributed by atoms with Gasteiger partial charge in [-0.05, 0) is 23.3 Å². The first-order chi connectivity index (χ1) is 10.1. The Labute approximate surface area is 125 Å². The molecule has 0 spiro atoms. The molecule has 1 heterocycles. The van der Waals surface area contributed by atoms with Gasteiger partial charge in [-0.3, -0.25) is 0 Å². The summed E-state index contributed by atoms with van der Waals surface area (Å²) in [5.41, 5.74) is 3.35. The number of carbonyl (C=O) groups is 1. The number of fused-ring (bicyclic) bond motifs is 1. The van der Waals surface area contributed by atoms with E-state index < -0.39 is 5.97 Å². The maximum absolute atomic E-state index is 11.2. The van der Waals surface area contributed by atoms with Gasteiger partial charge < -0.3 is 15.2 Å². The highest BCUT2D eigenvalue weighted by atomic mass is 35.5. The summed E-state index contributed by atoms with van der Waals surface area (Å²) in [6.45, 7) is -0.0198. The number of aromatic amines is 1. The van der Waals surface area contributed by atoms with Gasteiger partial charge in [0, 0.05) is 22.7 Å². The molecule has 0 unspecified atom stereocenters. The lowest BCUT2D eigenvalue weighted by Crippen LogP contribution is -1.93. The van der Waals surface area contributed by atoms with Crippen molar-refractivity contribution in [3.63, 3.8) is 0 Å². The van der Waals surface area contributed by atoms with Gasteiger partial charge in [-0.2, -0.15) is 0 Å². The number of carboxylic acids is 1. The monoisotopic (exact) mass is 301 g/mol. The summed E-state index contributed by atoms with van der Waals surface area (Å²) >= 11 is 6.28. The second-order valence-corrected chi connectivity index (χ2v) is 5.15. The van der Waals surface area contributed by atoms with Crippen LogP contribution >= 0.6 is 11.6 Å². The second-order valence-electron chi connectivity index (χ2n) is 4.74. The molecule has 3 N–H and O–H groups in total. The summed E-state index contributed by atoms with van der Waals surface area (Å²) in [5.74, 6) is -0.981. The average molecular weight is 302 g/mol. The van der Waals surface area contributed by atoms with Crippen LogP contribution in [0.3, 0.4) is 0 Å². The molecule has 0 aliphatic carbocycles. The van der Waals surface area contributed by atoms with E-state index in [0.29, 0.717) is 15.9 Å². The molecule has 0 amide bonds. The van der Waals surface area contributed by atoms with Gasteiger partial charge in [0.25, 0.3) is 0 Å². The Morgan fingerprint density at radius 1 is 1.19 bits per heavy atom. The average Bonchev–Trinajstić information content (AvgIpc) is 2.89. The summed E-state index contributed by atoms with van der Waals surface area (Å²) in [4.78, 5) is 14.1. The number of aromatic nitrogens is 1. The minimum absolute atomic E-state index is 0.0198. The van der Waals surface area contributed by atoms with Crippen LogP contribution in [0.1, 0.15) is 15.9 Å². The number of hydrogen-bond acceptors (Lipinski definition) is 2. The Hall–Kier alpha value is -2.30. The number of H-pyrrole nitrogens is 1. The molecule has 2 aromatic carbocycles. The number of aliphatic hydroxyl groups is 1. The van der Waals surface area contributed by atoms with E-state index in [-0.39, 0.29) is 12.2 Å². The van der Waals surface area contributed by atoms with Gasteiger partial charge in [0.05, 0.1) is 17.2 Å². The van der Waals surface area contributed by atoms with Gasteiger partial charge in [0.2, 0.25) is 0 Å². The van der Waals surface area contributed by atoms with E-state index in [1.54, 1.807) is 12.1 Å². The molecule has 3 rings (SSSR count). The first kappa shape index (κ1) is 13.7. The third kappa shape index (κ3) is 2.39. The van der Waals surface area contributed by atoms with Crippen LogP contribution in [0.25, 0.3) is 22.0 Å². The topological polar surface area (TPSA) is 73.3 Å². The van der Waals surface area contributed by atoms with Crippen molar-refractivity contribution in [1.29, 1.82) is 0 Å². The Balaban J connectivity index is 2.18. The maximum atomic E-state index is 11.2. The van der Waals surface area contributed by atoms with Gasteiger partial charge in [0.15, 0.2) is 0 Å². The van der Waals surface area contributed by atoms with Crippen LogP contribution in [0.15, 0.2) is 42.6 Å². The SMILES string of the molecule is O=C(O)c1c[nH]c2cc(Cl)c(-c3ccc(CO)cc3)cc12. The van der Waals surface area contributed by atoms with E-state index >= 15 is 0 Å². The first-order valence-corrected chi connectivity index (χ1v) is 6.72. The number of hydrogen-bond donors (Lipinski definition) is 3. The number of rotatable bonds is 3. The van der Waals surface area contributed by atoms with Crippen LogP contribution in [0.4, 0.5) is 0 Å². The van der Waals surface area contributed by atoms with E-state index in [0.717, 1.165) is 16.7 Å². The fraction of sp³-hybridized carbons (Fsp3) is 0.0625. The van der Waals surface area contributed by atoms with Crippen molar-refractivity contribution < 1.29 is 15.0 Å². The summed E-state index contributed by atoms with van der Waals surface area (Å²) in [6, 6.07) is 10.8. The lowest BCUT2D eigenvalue weighted by Gasteiger charge is -2.07. The molecule has 0 saturated carbocycles. The van der Waals surface area contributed by atoms with Crippen molar-refractivity contribution in [3.05, 3.63) is 58.7 Å². The minimum atomic E-state index is -0.981. The van der Waals surface area contributed by atoms with E-state index in [1.807, 2.05) is 24.3 Å². The second kappa shape index (κ2) is 5.24. The molecule has 3 aromatic rings. The fourth-order valence-corrected chi connectivity index (χ4v) is 2.60. The van der Waals surface area contributed by atoms with Gasteiger partial charge >= 0.3 is 5.97 Å². The van der Waals surface area contributed by atoms with Gasteiger partial charge in [0.1, 0.15) is 0 Å². The Morgan fingerprint density at radius 2 is 1.90 bits per heavy atom. The van der Waals surface area contributed by atoms with E-state index in [4.69, 9.17) is 16.7 Å². The molecular weight excluding hydrogens is 290 g/mol. The number of carboxylic acid groups (broad SMARTS) is 1. The third-order valence-corrected chi connectivity index (χ3v) is 3.76. The zero-order valence-corrected chi connectivity index (χ0v) is 11.7. The molecule has 0 bridgehead atoms. The van der Waals surface area contributed by atoms with Gasteiger partial charge in [-0.15, -0.1) is 0 Å². The first-order valence-electron chi connectivity index (χ1n) is 6.34. The molecule has 0 aliphatic heterocycles. The quantitative estimate of drug-likeness (QED) is 0.691. The molecule has 106 valence electrons. The van der Waals surface area contributed by atoms with Crippen molar-refractivity contribution in [2.24, 2.45) is 0 Å². The standard InChI is InChI=1S/C16H12ClNO3/c17-14-6-15-12(13(7-18-15)16(20)21)5-11(14)10-3-1-9(8-19)2-4-10/h1-7,18-19H,8H2,(H,20,21). The molecule has 4 nitrogen and oxygen atoms in total. The largest absolute Gasteiger partial charge is 0.478 e. The van der Waals surface area contributed by atoms with Crippen molar-refractivity contribution in [2.75, 3.05) is 0 Å². The van der Waals surface area contributed by atoms with E-state index in [9.17, 15) is 9.90 Å². The van der Waals surface area contributed by atoms with Crippen LogP contribution in [-0.2, 0) is 6.61 Å². The molecule has 0 aliphatic rings. The molecule has 0 saturated heterocycles. The highest BCUT2D eigenvalue weighted by Crippen LogP contribution is 2.33. The number of benzene rings is 2. The third-order valence-electron chi connectivity index (χ3n) is 3.45. The van der Waals surface area contributed by atoms with Crippen molar-refractivity contribution >= 4 is 28.5 Å². The fourth-order valence-electron chi connectivity index (χ4n) is 2.33. The summed E-state index contributed by atoms with van der Waals surface area (Å²) in [6.07, 6.45) is 1.46. The van der Waals surface area contributed by atoms with Crippen LogP contribution in [0.5, 0.6) is 0 Å². The highest BCUT2D eigenvalue weighted by Gasteiger charge is 2.14. The number of aliphatic hydroxyl groups excluding tert-OH is 1. The van der Waals surface area contributed by atoms with Crippen LogP contribution in [0.2, 0.25) is 5.02 Å². The molecule has 0 fully saturated rings. The summed E-state index contributed by atoms with van der Waals surface area (Å²) in [7, 11) is 0. The van der Waals surface area contributed by atoms with Crippen LogP contribution in [-0.4, -0.2) is 21.2 Å². The van der Waals surface area contributed by atoms with E-state index in [1.165, 1.54) is 6.20 Å². The summed E-state index contributed by atoms with van der Waals surface area (Å²) < 4.78 is 0. The maximum Gasteiger partial charge on any atom is 0.337 e. The van der Waals surface area contributed by atoms with Crippen molar-refractivity contribution in [2.45, 2.75) is 6.61 Å². The van der Waals surface area contributed by atoms with E-state index in [2.05, 4.69) is 4.98 Å².